The van der Waals surface area contributed by atoms with Crippen LogP contribution in [-0.4, -0.2) is 31.3 Å². The van der Waals surface area contributed by atoms with Crippen molar-refractivity contribution in [3.05, 3.63) is 39.8 Å². The number of alkyl halides is 3. The lowest BCUT2D eigenvalue weighted by Gasteiger charge is -2.11. The van der Waals surface area contributed by atoms with Crippen LogP contribution in [0.2, 0.25) is 0 Å². The topological polar surface area (TPSA) is 67.8 Å². The van der Waals surface area contributed by atoms with Crippen LogP contribution in [0.5, 0.6) is 11.5 Å². The van der Waals surface area contributed by atoms with Gasteiger partial charge in [0, 0.05) is 19.0 Å². The summed E-state index contributed by atoms with van der Waals surface area (Å²) in [5.74, 6) is 1.96. The van der Waals surface area contributed by atoms with Crippen molar-refractivity contribution < 1.29 is 22.6 Å². The van der Waals surface area contributed by atoms with E-state index < -0.39 is 11.9 Å². The maximum absolute atomic E-state index is 12.5. The lowest BCUT2D eigenvalue weighted by Crippen LogP contribution is -2.37. The molecule has 0 atom stereocenters. The van der Waals surface area contributed by atoms with Crippen LogP contribution in [0, 0.1) is 0 Å². The number of rotatable bonds is 5. The van der Waals surface area contributed by atoms with Crippen LogP contribution in [0.4, 0.5) is 13.2 Å². The number of aliphatic imine (C=N–C) groups is 1. The summed E-state index contributed by atoms with van der Waals surface area (Å²) in [5.41, 5.74) is 0.206. The number of hydrogen-bond acceptors (Lipinski definition) is 5. The number of guanidine groups is 1. The van der Waals surface area contributed by atoms with E-state index in [1.54, 1.807) is 7.05 Å². The van der Waals surface area contributed by atoms with Crippen LogP contribution >= 0.6 is 11.3 Å². The molecule has 140 valence electrons. The zero-order chi connectivity index (χ0) is 18.6. The van der Waals surface area contributed by atoms with Gasteiger partial charge in [-0.05, 0) is 24.1 Å². The average molecular weight is 386 g/mol. The normalized spacial score (nSPS) is 13.8. The van der Waals surface area contributed by atoms with E-state index >= 15 is 0 Å². The van der Waals surface area contributed by atoms with E-state index in [4.69, 9.17) is 9.47 Å². The number of ether oxygens (including phenoxy) is 2. The summed E-state index contributed by atoms with van der Waals surface area (Å²) < 4.78 is 48.2. The molecule has 3 rings (SSSR count). The molecule has 0 radical (unpaired) electrons. The maximum atomic E-state index is 12.5. The largest absolute Gasteiger partial charge is 0.454 e. The molecule has 1 aliphatic heterocycles. The number of hydrogen-bond donors (Lipinski definition) is 2. The Morgan fingerprint density at radius 3 is 2.81 bits per heavy atom. The van der Waals surface area contributed by atoms with Crippen LogP contribution in [0.3, 0.4) is 0 Å². The molecule has 0 unspecified atom stereocenters. The van der Waals surface area contributed by atoms with E-state index in [9.17, 15) is 13.2 Å². The number of nitrogens with zero attached hydrogens (tertiary/aromatic N) is 2. The zero-order valence-electron chi connectivity index (χ0n) is 13.9. The molecular weight excluding hydrogens is 369 g/mol. The summed E-state index contributed by atoms with van der Waals surface area (Å²) in [7, 11) is 1.60. The summed E-state index contributed by atoms with van der Waals surface area (Å²) >= 11 is 0.959. The minimum Gasteiger partial charge on any atom is -0.454 e. The molecular formula is C16H17F3N4O2S. The van der Waals surface area contributed by atoms with E-state index in [1.165, 1.54) is 0 Å². The average Bonchev–Trinajstić information content (AvgIpc) is 3.26. The van der Waals surface area contributed by atoms with Gasteiger partial charge in [0.1, 0.15) is 5.01 Å². The molecule has 2 N–H and O–H groups in total. The second kappa shape index (κ2) is 7.81. The van der Waals surface area contributed by atoms with Gasteiger partial charge in [0.05, 0.1) is 6.54 Å². The van der Waals surface area contributed by atoms with Crippen molar-refractivity contribution in [2.75, 3.05) is 20.4 Å². The monoisotopic (exact) mass is 386 g/mol. The van der Waals surface area contributed by atoms with Gasteiger partial charge in [-0.25, -0.2) is 4.98 Å². The smallest absolute Gasteiger partial charge is 0.434 e. The Balaban J connectivity index is 1.45. The Kier molecular flexibility index (Phi) is 5.50. The fraction of sp³-hybridized carbons (Fsp3) is 0.375. The number of benzene rings is 1. The molecule has 0 saturated heterocycles. The highest BCUT2D eigenvalue weighted by Gasteiger charge is 2.33. The second-order valence-corrected chi connectivity index (χ2v) is 6.36. The summed E-state index contributed by atoms with van der Waals surface area (Å²) in [6.07, 6.45) is -3.69. The van der Waals surface area contributed by atoms with Crippen molar-refractivity contribution >= 4 is 17.3 Å². The number of halogens is 3. The van der Waals surface area contributed by atoms with Crippen molar-refractivity contribution in [1.82, 2.24) is 15.6 Å². The van der Waals surface area contributed by atoms with Gasteiger partial charge in [0.2, 0.25) is 6.79 Å². The lowest BCUT2D eigenvalue weighted by atomic mass is 10.1. The molecule has 0 saturated carbocycles. The Morgan fingerprint density at radius 1 is 1.27 bits per heavy atom. The Morgan fingerprint density at radius 2 is 2.08 bits per heavy atom. The third-order valence-electron chi connectivity index (χ3n) is 3.62. The van der Waals surface area contributed by atoms with Gasteiger partial charge in [-0.1, -0.05) is 6.07 Å². The number of nitrogens with one attached hydrogen (secondary N) is 2. The molecule has 10 heteroatoms. The molecule has 0 aliphatic carbocycles. The fourth-order valence-electron chi connectivity index (χ4n) is 2.32. The van der Waals surface area contributed by atoms with Crippen molar-refractivity contribution in [3.63, 3.8) is 0 Å². The summed E-state index contributed by atoms with van der Waals surface area (Å²) in [4.78, 5) is 7.62. The van der Waals surface area contributed by atoms with Gasteiger partial charge in [-0.15, -0.1) is 11.3 Å². The molecule has 1 aliphatic rings. The number of fused-ring (bicyclic) bond motifs is 1. The lowest BCUT2D eigenvalue weighted by molar-refractivity contribution is -0.140. The van der Waals surface area contributed by atoms with Crippen molar-refractivity contribution in [2.24, 2.45) is 4.99 Å². The first-order valence-electron chi connectivity index (χ1n) is 7.80. The highest BCUT2D eigenvalue weighted by atomic mass is 32.1. The van der Waals surface area contributed by atoms with Crippen LogP contribution in [-0.2, 0) is 19.1 Å². The highest BCUT2D eigenvalue weighted by molar-refractivity contribution is 7.09. The molecule has 26 heavy (non-hydrogen) atoms. The third-order valence-corrected chi connectivity index (χ3v) is 4.46. The number of aromatic nitrogens is 1. The minimum atomic E-state index is -4.42. The van der Waals surface area contributed by atoms with Gasteiger partial charge in [0.25, 0.3) is 0 Å². The summed E-state index contributed by atoms with van der Waals surface area (Å²) in [5, 5.41) is 7.42. The predicted molar refractivity (Wildman–Crippen MR) is 91.6 cm³/mol. The van der Waals surface area contributed by atoms with Crippen molar-refractivity contribution in [2.45, 2.75) is 19.1 Å². The van der Waals surface area contributed by atoms with E-state index in [-0.39, 0.29) is 13.3 Å². The highest BCUT2D eigenvalue weighted by Crippen LogP contribution is 2.32. The third kappa shape index (κ3) is 4.57. The maximum Gasteiger partial charge on any atom is 0.434 e. The molecule has 0 amide bonds. The molecule has 2 aromatic rings. The Labute approximate surface area is 152 Å². The van der Waals surface area contributed by atoms with E-state index in [1.807, 2.05) is 18.2 Å². The first-order valence-corrected chi connectivity index (χ1v) is 8.68. The van der Waals surface area contributed by atoms with Crippen molar-refractivity contribution in [1.29, 1.82) is 0 Å². The zero-order valence-corrected chi connectivity index (χ0v) is 14.7. The molecule has 1 aromatic heterocycles. The van der Waals surface area contributed by atoms with Crippen LogP contribution in [0.1, 0.15) is 16.3 Å². The molecule has 6 nitrogen and oxygen atoms in total. The predicted octanol–water partition coefficient (Wildman–Crippen LogP) is 2.80. The Hall–Kier alpha value is -2.49. The van der Waals surface area contributed by atoms with E-state index in [0.717, 1.165) is 40.2 Å². The first-order chi connectivity index (χ1) is 12.5. The molecule has 1 aromatic carbocycles. The van der Waals surface area contributed by atoms with Gasteiger partial charge >= 0.3 is 6.18 Å². The number of thiazole rings is 1. The summed E-state index contributed by atoms with van der Waals surface area (Å²) in [6, 6.07) is 5.75. The SMILES string of the molecule is CN=C(NCCc1ccc2c(c1)OCO2)NCc1nc(C(F)(F)F)cs1. The molecule has 0 bridgehead atoms. The van der Waals surface area contributed by atoms with Crippen LogP contribution < -0.4 is 20.1 Å². The van der Waals surface area contributed by atoms with E-state index in [0.29, 0.717) is 17.5 Å². The Bertz CT molecular complexity index is 792. The minimum absolute atomic E-state index is 0.171. The quantitative estimate of drug-likeness (QED) is 0.611. The first kappa shape index (κ1) is 18.3. The molecule has 0 fully saturated rings. The summed E-state index contributed by atoms with van der Waals surface area (Å²) in [6.45, 7) is 1.01. The molecule has 0 spiro atoms. The van der Waals surface area contributed by atoms with Gasteiger partial charge in [-0.2, -0.15) is 13.2 Å². The van der Waals surface area contributed by atoms with Crippen molar-refractivity contribution in [3.8, 4) is 11.5 Å². The van der Waals surface area contributed by atoms with Gasteiger partial charge in [-0.3, -0.25) is 4.99 Å². The van der Waals surface area contributed by atoms with E-state index in [2.05, 4.69) is 20.6 Å². The van der Waals surface area contributed by atoms with Crippen LogP contribution in [0.15, 0.2) is 28.6 Å². The van der Waals surface area contributed by atoms with Crippen LogP contribution in [0.25, 0.3) is 0 Å². The standard InChI is InChI=1S/C16H17F3N4O2S/c1-20-15(22-7-14-23-13(8-26-14)16(17,18)19)21-5-4-10-2-3-11-12(6-10)25-9-24-11/h2-3,6,8H,4-5,7,9H2,1H3,(H2,20,21,22). The second-order valence-electron chi connectivity index (χ2n) is 5.41. The molecule has 2 heterocycles. The fourth-order valence-corrected chi connectivity index (χ4v) is 3.06. The van der Waals surface area contributed by atoms with Gasteiger partial charge < -0.3 is 20.1 Å². The van der Waals surface area contributed by atoms with Gasteiger partial charge in [0.15, 0.2) is 23.2 Å².